The van der Waals surface area contributed by atoms with E-state index in [-0.39, 0.29) is 17.6 Å². The zero-order valence-electron chi connectivity index (χ0n) is 10.0. The summed E-state index contributed by atoms with van der Waals surface area (Å²) in [5.41, 5.74) is 2.82. The van der Waals surface area contributed by atoms with E-state index in [1.807, 2.05) is 13.0 Å². The van der Waals surface area contributed by atoms with E-state index in [2.05, 4.69) is 10.5 Å². The third kappa shape index (κ3) is 1.77. The van der Waals surface area contributed by atoms with Gasteiger partial charge >= 0.3 is 5.97 Å². The van der Waals surface area contributed by atoms with Crippen molar-refractivity contribution in [2.75, 3.05) is 5.32 Å². The van der Waals surface area contributed by atoms with Gasteiger partial charge in [0.05, 0.1) is 5.92 Å². The Morgan fingerprint density at radius 3 is 2.89 bits per heavy atom. The van der Waals surface area contributed by atoms with Crippen LogP contribution in [0.5, 0.6) is 0 Å². The summed E-state index contributed by atoms with van der Waals surface area (Å²) in [4.78, 5) is 22.3. The molecule has 0 bridgehead atoms. The fraction of sp³-hybridized carbons (Fsp3) is 0.154. The average molecular weight is 258 g/mol. The molecule has 3 rings (SSSR count). The fourth-order valence-corrected chi connectivity index (χ4v) is 2.09. The maximum absolute atomic E-state index is 11.5. The van der Waals surface area contributed by atoms with Gasteiger partial charge in [0.1, 0.15) is 5.69 Å². The van der Waals surface area contributed by atoms with Crippen molar-refractivity contribution < 1.29 is 19.2 Å². The monoisotopic (exact) mass is 258 g/mol. The van der Waals surface area contributed by atoms with Crippen molar-refractivity contribution >= 4 is 17.6 Å². The first-order valence-corrected chi connectivity index (χ1v) is 5.71. The standard InChI is InChI=1S/C13H10N2O4/c1-6-8-4-7(2-3-9(8)14-12(6)16)10-5-11(13(17)18)19-15-10/h2-6H,1H3,(H,14,16)(H,17,18). The van der Waals surface area contributed by atoms with Crippen LogP contribution in [0.3, 0.4) is 0 Å². The molecule has 96 valence electrons. The highest BCUT2D eigenvalue weighted by Gasteiger charge is 2.27. The lowest BCUT2D eigenvalue weighted by Crippen LogP contribution is -2.08. The van der Waals surface area contributed by atoms with Crippen LogP contribution in [-0.2, 0) is 4.79 Å². The van der Waals surface area contributed by atoms with E-state index in [9.17, 15) is 9.59 Å². The molecule has 1 aromatic heterocycles. The van der Waals surface area contributed by atoms with Crippen LogP contribution in [0.2, 0.25) is 0 Å². The predicted molar refractivity (Wildman–Crippen MR) is 65.9 cm³/mol. The molecule has 0 fully saturated rings. The van der Waals surface area contributed by atoms with Gasteiger partial charge in [0.15, 0.2) is 0 Å². The lowest BCUT2D eigenvalue weighted by atomic mass is 9.99. The average Bonchev–Trinajstić information content (AvgIpc) is 2.96. The molecule has 2 aromatic rings. The molecule has 0 spiro atoms. The molecular weight excluding hydrogens is 248 g/mol. The van der Waals surface area contributed by atoms with Crippen LogP contribution in [0.15, 0.2) is 28.8 Å². The number of hydrogen-bond acceptors (Lipinski definition) is 4. The summed E-state index contributed by atoms with van der Waals surface area (Å²) in [6, 6.07) is 6.72. The van der Waals surface area contributed by atoms with E-state index in [0.717, 1.165) is 16.8 Å². The summed E-state index contributed by atoms with van der Waals surface area (Å²) in [5, 5.41) is 15.3. The van der Waals surface area contributed by atoms with Gasteiger partial charge in [0.2, 0.25) is 11.7 Å². The maximum Gasteiger partial charge on any atom is 0.374 e. The zero-order chi connectivity index (χ0) is 13.6. The summed E-state index contributed by atoms with van der Waals surface area (Å²) in [7, 11) is 0. The molecule has 1 aromatic carbocycles. The van der Waals surface area contributed by atoms with Crippen LogP contribution in [-0.4, -0.2) is 22.1 Å². The Hall–Kier alpha value is -2.63. The van der Waals surface area contributed by atoms with Crippen molar-refractivity contribution in [2.24, 2.45) is 0 Å². The van der Waals surface area contributed by atoms with E-state index in [4.69, 9.17) is 9.63 Å². The van der Waals surface area contributed by atoms with Crippen molar-refractivity contribution in [1.29, 1.82) is 0 Å². The number of aromatic nitrogens is 1. The Morgan fingerprint density at radius 2 is 2.21 bits per heavy atom. The van der Waals surface area contributed by atoms with Gasteiger partial charge in [-0.2, -0.15) is 0 Å². The number of rotatable bonds is 2. The Labute approximate surface area is 108 Å². The number of amides is 1. The fourth-order valence-electron chi connectivity index (χ4n) is 2.09. The van der Waals surface area contributed by atoms with Gasteiger partial charge in [-0.1, -0.05) is 11.2 Å². The SMILES string of the molecule is CC1C(=O)Nc2ccc(-c3cc(C(=O)O)on3)cc21. The quantitative estimate of drug-likeness (QED) is 0.860. The van der Waals surface area contributed by atoms with Crippen LogP contribution in [0.1, 0.15) is 29.0 Å². The van der Waals surface area contributed by atoms with Gasteiger partial charge in [-0.05, 0) is 24.6 Å². The Bertz CT molecular complexity index is 690. The zero-order valence-corrected chi connectivity index (χ0v) is 10.0. The number of anilines is 1. The van der Waals surface area contributed by atoms with E-state index in [0.29, 0.717) is 5.69 Å². The number of fused-ring (bicyclic) bond motifs is 1. The molecule has 6 heteroatoms. The topological polar surface area (TPSA) is 92.4 Å². The largest absolute Gasteiger partial charge is 0.475 e. The van der Waals surface area contributed by atoms with E-state index >= 15 is 0 Å². The number of carboxylic acid groups (broad SMARTS) is 1. The van der Waals surface area contributed by atoms with Gasteiger partial charge in [0, 0.05) is 17.3 Å². The highest BCUT2D eigenvalue weighted by atomic mass is 16.5. The Balaban J connectivity index is 2.03. The van der Waals surface area contributed by atoms with Gasteiger partial charge in [-0.25, -0.2) is 4.79 Å². The second-order valence-electron chi connectivity index (χ2n) is 4.39. The molecule has 19 heavy (non-hydrogen) atoms. The number of benzene rings is 1. The molecule has 2 heterocycles. The summed E-state index contributed by atoms with van der Waals surface area (Å²) < 4.78 is 4.72. The molecule has 1 aliphatic rings. The first-order valence-electron chi connectivity index (χ1n) is 5.71. The number of carbonyl (C=O) groups excluding carboxylic acids is 1. The van der Waals surface area contributed by atoms with Gasteiger partial charge < -0.3 is 14.9 Å². The first kappa shape index (κ1) is 11.5. The van der Waals surface area contributed by atoms with Gasteiger partial charge in [-0.15, -0.1) is 0 Å². The second kappa shape index (κ2) is 3.94. The van der Waals surface area contributed by atoms with Crippen molar-refractivity contribution in [2.45, 2.75) is 12.8 Å². The molecule has 0 aliphatic carbocycles. The van der Waals surface area contributed by atoms with Crippen LogP contribution in [0.4, 0.5) is 5.69 Å². The molecule has 1 amide bonds. The third-order valence-electron chi connectivity index (χ3n) is 3.19. The molecule has 0 radical (unpaired) electrons. The van der Waals surface area contributed by atoms with E-state index in [1.165, 1.54) is 6.07 Å². The summed E-state index contributed by atoms with van der Waals surface area (Å²) in [6.07, 6.45) is 0. The third-order valence-corrected chi connectivity index (χ3v) is 3.19. The van der Waals surface area contributed by atoms with Gasteiger partial charge in [-0.3, -0.25) is 4.79 Å². The molecule has 0 saturated carbocycles. The van der Waals surface area contributed by atoms with Crippen molar-refractivity contribution in [3.8, 4) is 11.3 Å². The normalized spacial score (nSPS) is 17.1. The van der Waals surface area contributed by atoms with Crippen molar-refractivity contribution in [3.05, 3.63) is 35.6 Å². The molecule has 1 atom stereocenters. The van der Waals surface area contributed by atoms with Crippen LogP contribution in [0.25, 0.3) is 11.3 Å². The van der Waals surface area contributed by atoms with Crippen LogP contribution < -0.4 is 5.32 Å². The summed E-state index contributed by atoms with van der Waals surface area (Å²) >= 11 is 0. The smallest absolute Gasteiger partial charge is 0.374 e. The Kier molecular flexibility index (Phi) is 2.38. The second-order valence-corrected chi connectivity index (χ2v) is 4.39. The number of nitrogens with zero attached hydrogens (tertiary/aromatic N) is 1. The number of nitrogens with one attached hydrogen (secondary N) is 1. The highest BCUT2D eigenvalue weighted by molar-refractivity contribution is 6.03. The number of carbonyl (C=O) groups is 2. The minimum Gasteiger partial charge on any atom is -0.475 e. The number of hydrogen-bond donors (Lipinski definition) is 2. The lowest BCUT2D eigenvalue weighted by Gasteiger charge is -2.03. The van der Waals surface area contributed by atoms with Crippen molar-refractivity contribution in [3.63, 3.8) is 0 Å². The molecule has 1 unspecified atom stereocenters. The first-order chi connectivity index (χ1) is 9.06. The van der Waals surface area contributed by atoms with E-state index < -0.39 is 5.97 Å². The molecule has 0 saturated heterocycles. The van der Waals surface area contributed by atoms with E-state index in [1.54, 1.807) is 12.1 Å². The van der Waals surface area contributed by atoms with Crippen LogP contribution >= 0.6 is 0 Å². The number of aromatic carboxylic acids is 1. The summed E-state index contributed by atoms with van der Waals surface area (Å²) in [5.74, 6) is -1.64. The van der Waals surface area contributed by atoms with Crippen LogP contribution in [0, 0.1) is 0 Å². The number of carboxylic acids is 1. The van der Waals surface area contributed by atoms with Gasteiger partial charge in [0.25, 0.3) is 0 Å². The predicted octanol–water partition coefficient (Wildman–Crippen LogP) is 2.10. The minimum atomic E-state index is -1.16. The lowest BCUT2D eigenvalue weighted by molar-refractivity contribution is -0.116. The molecule has 1 aliphatic heterocycles. The molecule has 2 N–H and O–H groups in total. The summed E-state index contributed by atoms with van der Waals surface area (Å²) in [6.45, 7) is 1.82. The molecular formula is C13H10N2O4. The highest BCUT2D eigenvalue weighted by Crippen LogP contribution is 2.35. The maximum atomic E-state index is 11.5. The Morgan fingerprint density at radius 1 is 1.42 bits per heavy atom. The minimum absolute atomic E-state index is 0.0430. The molecule has 6 nitrogen and oxygen atoms in total. The van der Waals surface area contributed by atoms with Crippen molar-refractivity contribution in [1.82, 2.24) is 5.16 Å².